The number of ether oxygens (including phenoxy) is 9. The maximum Gasteiger partial charge on any atom is 0.190 e. The Morgan fingerprint density at radius 2 is 1.46 bits per heavy atom. The van der Waals surface area contributed by atoms with E-state index >= 15 is 0 Å². The SMILES string of the molecule is CC1(C)O[C@@H]2O[C@H]([C@H]3COC(C)(C)O3)[C@H](O[C@H]3C=C[C@H](OCc4ccccc4)[C@@H](COCc4ccccc4)O3)[C@H]2O1. The van der Waals surface area contributed by atoms with Crippen LogP contribution in [0.15, 0.2) is 72.8 Å². The molecule has 2 aromatic rings. The lowest BCUT2D eigenvalue weighted by molar-refractivity contribution is -0.261. The molecule has 3 saturated heterocycles. The van der Waals surface area contributed by atoms with Crippen LogP contribution in [0.3, 0.4) is 0 Å². The van der Waals surface area contributed by atoms with Gasteiger partial charge in [-0.2, -0.15) is 0 Å². The number of benzene rings is 2. The number of rotatable bonds is 10. The average molecular weight is 569 g/mol. The monoisotopic (exact) mass is 568 g/mol. The summed E-state index contributed by atoms with van der Waals surface area (Å²) in [6.07, 6.45) is 0.166. The van der Waals surface area contributed by atoms with E-state index in [0.717, 1.165) is 11.1 Å². The predicted molar refractivity (Wildman–Crippen MR) is 147 cm³/mol. The van der Waals surface area contributed by atoms with Crippen molar-refractivity contribution >= 4 is 0 Å². The number of hydrogen-bond acceptors (Lipinski definition) is 9. The molecule has 9 nitrogen and oxygen atoms in total. The molecule has 4 aliphatic heterocycles. The summed E-state index contributed by atoms with van der Waals surface area (Å²) in [5, 5.41) is 0. The molecule has 0 aromatic heterocycles. The van der Waals surface area contributed by atoms with Gasteiger partial charge >= 0.3 is 0 Å². The zero-order valence-electron chi connectivity index (χ0n) is 24.0. The zero-order valence-corrected chi connectivity index (χ0v) is 24.0. The average Bonchev–Trinajstić information content (AvgIpc) is 3.58. The first-order chi connectivity index (χ1) is 19.7. The van der Waals surface area contributed by atoms with Gasteiger partial charge in [0.1, 0.15) is 36.6 Å². The maximum absolute atomic E-state index is 6.57. The van der Waals surface area contributed by atoms with Crippen molar-refractivity contribution in [3.8, 4) is 0 Å². The lowest BCUT2D eigenvalue weighted by Gasteiger charge is -2.35. The first-order valence-electron chi connectivity index (χ1n) is 14.3. The second-order valence-electron chi connectivity index (χ2n) is 11.7. The van der Waals surface area contributed by atoms with Gasteiger partial charge in [0, 0.05) is 0 Å². The van der Waals surface area contributed by atoms with E-state index in [9.17, 15) is 0 Å². The molecule has 8 atom stereocenters. The highest BCUT2D eigenvalue weighted by molar-refractivity contribution is 5.15. The first-order valence-corrected chi connectivity index (χ1v) is 14.3. The van der Waals surface area contributed by atoms with Gasteiger partial charge in [-0.15, -0.1) is 0 Å². The van der Waals surface area contributed by atoms with E-state index in [0.29, 0.717) is 26.4 Å². The van der Waals surface area contributed by atoms with Crippen molar-refractivity contribution in [1.29, 1.82) is 0 Å². The minimum Gasteiger partial charge on any atom is -0.374 e. The van der Waals surface area contributed by atoms with Gasteiger partial charge in [0.25, 0.3) is 0 Å². The molecule has 6 rings (SSSR count). The molecule has 0 bridgehead atoms. The number of fused-ring (bicyclic) bond motifs is 1. The molecular weight excluding hydrogens is 528 g/mol. The normalized spacial score (nSPS) is 35.5. The molecule has 0 saturated carbocycles. The van der Waals surface area contributed by atoms with Crippen molar-refractivity contribution in [3.63, 3.8) is 0 Å². The Morgan fingerprint density at radius 3 is 2.15 bits per heavy atom. The molecule has 4 heterocycles. The van der Waals surface area contributed by atoms with Crippen LogP contribution in [0, 0.1) is 0 Å². The van der Waals surface area contributed by atoms with Crippen LogP contribution >= 0.6 is 0 Å². The van der Waals surface area contributed by atoms with Crippen LogP contribution < -0.4 is 0 Å². The summed E-state index contributed by atoms with van der Waals surface area (Å²) in [5.41, 5.74) is 2.18. The summed E-state index contributed by atoms with van der Waals surface area (Å²) in [6.45, 7) is 9.14. The predicted octanol–water partition coefficient (Wildman–Crippen LogP) is 4.48. The van der Waals surface area contributed by atoms with Crippen molar-refractivity contribution in [2.24, 2.45) is 0 Å². The minimum atomic E-state index is -0.790. The Bertz CT molecular complexity index is 1150. The van der Waals surface area contributed by atoms with E-state index in [1.165, 1.54) is 0 Å². The summed E-state index contributed by atoms with van der Waals surface area (Å²) >= 11 is 0. The summed E-state index contributed by atoms with van der Waals surface area (Å²) in [4.78, 5) is 0. The van der Waals surface area contributed by atoms with Gasteiger partial charge in [0.15, 0.2) is 24.2 Å². The second kappa shape index (κ2) is 12.2. The van der Waals surface area contributed by atoms with Crippen LogP contribution in [0.2, 0.25) is 0 Å². The Morgan fingerprint density at radius 1 is 0.756 bits per heavy atom. The second-order valence-corrected chi connectivity index (χ2v) is 11.7. The molecule has 2 aromatic carbocycles. The lowest BCUT2D eigenvalue weighted by atomic mass is 10.1. The quantitative estimate of drug-likeness (QED) is 0.385. The number of hydrogen-bond donors (Lipinski definition) is 0. The highest BCUT2D eigenvalue weighted by Gasteiger charge is 2.59. The van der Waals surface area contributed by atoms with Crippen molar-refractivity contribution in [2.45, 2.75) is 102 Å². The third-order valence-electron chi connectivity index (χ3n) is 7.53. The van der Waals surface area contributed by atoms with Gasteiger partial charge in [-0.1, -0.05) is 66.7 Å². The summed E-state index contributed by atoms with van der Waals surface area (Å²) in [7, 11) is 0. The molecule has 222 valence electrons. The van der Waals surface area contributed by atoms with E-state index < -0.39 is 48.6 Å². The van der Waals surface area contributed by atoms with Crippen molar-refractivity contribution < 1.29 is 42.6 Å². The lowest BCUT2D eigenvalue weighted by Crippen LogP contribution is -2.48. The largest absolute Gasteiger partial charge is 0.374 e. The highest BCUT2D eigenvalue weighted by atomic mass is 16.9. The van der Waals surface area contributed by atoms with Gasteiger partial charge in [-0.3, -0.25) is 0 Å². The molecule has 3 fully saturated rings. The van der Waals surface area contributed by atoms with E-state index in [1.54, 1.807) is 0 Å². The Balaban J connectivity index is 1.15. The van der Waals surface area contributed by atoms with E-state index in [2.05, 4.69) is 0 Å². The van der Waals surface area contributed by atoms with Crippen LogP contribution in [-0.4, -0.2) is 74.0 Å². The van der Waals surface area contributed by atoms with E-state index in [1.807, 2.05) is 101 Å². The fourth-order valence-electron chi connectivity index (χ4n) is 5.62. The fraction of sp³-hybridized carbons (Fsp3) is 0.562. The summed E-state index contributed by atoms with van der Waals surface area (Å²) in [5.74, 6) is -1.50. The van der Waals surface area contributed by atoms with E-state index in [-0.39, 0.29) is 12.2 Å². The first kappa shape index (κ1) is 28.9. The Kier molecular flexibility index (Phi) is 8.61. The Hall–Kier alpha value is -2.18. The third kappa shape index (κ3) is 7.07. The molecule has 0 radical (unpaired) electrons. The molecule has 9 heteroatoms. The molecule has 0 unspecified atom stereocenters. The summed E-state index contributed by atoms with van der Waals surface area (Å²) < 4.78 is 55.9. The summed E-state index contributed by atoms with van der Waals surface area (Å²) in [6, 6.07) is 20.1. The Labute approximate surface area is 241 Å². The molecule has 0 N–H and O–H groups in total. The van der Waals surface area contributed by atoms with Gasteiger partial charge < -0.3 is 42.6 Å². The van der Waals surface area contributed by atoms with Crippen LogP contribution in [-0.2, 0) is 55.8 Å². The molecule has 0 amide bonds. The molecule has 0 aliphatic carbocycles. The molecule has 41 heavy (non-hydrogen) atoms. The van der Waals surface area contributed by atoms with Gasteiger partial charge in [0.05, 0.1) is 26.4 Å². The standard InChI is InChI=1S/C32H40O9/c1-31(2)35-20-25(39-31)27-28(29-30(38-27)41-32(3,4)40-29)37-26-16-15-23(34-18-22-13-9-6-10-14-22)24(36-26)19-33-17-21-11-7-5-8-12-21/h5-16,23-30H,17-20H2,1-4H3/t23-,24+,25+,26-,27+,28-,29+,30-/m0/s1. The van der Waals surface area contributed by atoms with Crippen LogP contribution in [0.5, 0.6) is 0 Å². The smallest absolute Gasteiger partial charge is 0.190 e. The maximum atomic E-state index is 6.57. The topological polar surface area (TPSA) is 83.1 Å². The van der Waals surface area contributed by atoms with Crippen LogP contribution in [0.1, 0.15) is 38.8 Å². The molecule has 4 aliphatic rings. The fourth-order valence-corrected chi connectivity index (χ4v) is 5.62. The third-order valence-corrected chi connectivity index (χ3v) is 7.53. The van der Waals surface area contributed by atoms with Gasteiger partial charge in [-0.25, -0.2) is 0 Å². The zero-order chi connectivity index (χ0) is 28.5. The highest BCUT2D eigenvalue weighted by Crippen LogP contribution is 2.42. The van der Waals surface area contributed by atoms with Crippen LogP contribution in [0.4, 0.5) is 0 Å². The van der Waals surface area contributed by atoms with Crippen LogP contribution in [0.25, 0.3) is 0 Å². The molecule has 0 spiro atoms. The van der Waals surface area contributed by atoms with Crippen molar-refractivity contribution in [3.05, 3.63) is 83.9 Å². The molecular formula is C32H40O9. The van der Waals surface area contributed by atoms with Crippen molar-refractivity contribution in [1.82, 2.24) is 0 Å². The van der Waals surface area contributed by atoms with E-state index in [4.69, 9.17) is 42.6 Å². The van der Waals surface area contributed by atoms with Gasteiger partial charge in [0.2, 0.25) is 0 Å². The van der Waals surface area contributed by atoms with Crippen molar-refractivity contribution in [2.75, 3.05) is 13.2 Å². The van der Waals surface area contributed by atoms with Gasteiger partial charge in [-0.05, 0) is 44.9 Å². The minimum absolute atomic E-state index is 0.313.